The molecule has 2 aromatic rings. The van der Waals surface area contributed by atoms with Crippen LogP contribution in [0.5, 0.6) is 0 Å². The van der Waals surface area contributed by atoms with Gasteiger partial charge in [-0.05, 0) is 43.9 Å². The molecule has 0 spiro atoms. The zero-order chi connectivity index (χ0) is 14.3. The monoisotopic (exact) mass is 339 g/mol. The number of carbonyl (C=O) groups is 1. The van der Waals surface area contributed by atoms with Crippen LogP contribution >= 0.6 is 15.9 Å². The van der Waals surface area contributed by atoms with Crippen molar-refractivity contribution in [2.24, 2.45) is 5.92 Å². The minimum absolute atomic E-state index is 0.315. The number of fused-ring (bicyclic) bond motifs is 1. The van der Waals surface area contributed by atoms with Crippen molar-refractivity contribution >= 4 is 32.8 Å². The van der Waals surface area contributed by atoms with Crippen molar-refractivity contribution in [3.8, 4) is 0 Å². The number of benzene rings is 1. The van der Waals surface area contributed by atoms with Gasteiger partial charge in [-0.2, -0.15) is 0 Å². The summed E-state index contributed by atoms with van der Waals surface area (Å²) in [5.41, 5.74) is 1.18. The molecule has 1 heterocycles. The molecule has 1 saturated carbocycles. The molecule has 106 valence electrons. The number of esters is 1. The number of ether oxygens (including phenoxy) is 1. The van der Waals surface area contributed by atoms with E-state index in [0.29, 0.717) is 28.1 Å². The number of rotatable bonds is 4. The van der Waals surface area contributed by atoms with Crippen LogP contribution in [0.1, 0.15) is 30.3 Å². The number of hydrogen-bond donors (Lipinski definition) is 0. The highest BCUT2D eigenvalue weighted by molar-refractivity contribution is 9.10. The zero-order valence-corrected chi connectivity index (χ0v) is 12.7. The van der Waals surface area contributed by atoms with Crippen molar-refractivity contribution in [2.45, 2.75) is 26.3 Å². The zero-order valence-electron chi connectivity index (χ0n) is 11.2. The van der Waals surface area contributed by atoms with Crippen molar-refractivity contribution < 1.29 is 13.9 Å². The molecule has 0 saturated heterocycles. The van der Waals surface area contributed by atoms with Gasteiger partial charge in [-0.15, -0.1) is 0 Å². The van der Waals surface area contributed by atoms with E-state index >= 15 is 0 Å². The van der Waals surface area contributed by atoms with Crippen molar-refractivity contribution in [3.63, 3.8) is 0 Å². The Labute approximate surface area is 124 Å². The van der Waals surface area contributed by atoms with Gasteiger partial charge in [0, 0.05) is 16.4 Å². The summed E-state index contributed by atoms with van der Waals surface area (Å²) >= 11 is 3.31. The molecule has 3 nitrogen and oxygen atoms in total. The first-order chi connectivity index (χ1) is 9.60. The third-order valence-electron chi connectivity index (χ3n) is 3.56. The lowest BCUT2D eigenvalue weighted by atomic mass is 10.2. The summed E-state index contributed by atoms with van der Waals surface area (Å²) in [5, 5.41) is 0.469. The largest absolute Gasteiger partial charge is 0.461 e. The van der Waals surface area contributed by atoms with Gasteiger partial charge in [0.05, 0.1) is 12.1 Å². The maximum absolute atomic E-state index is 14.0. The Morgan fingerprint density at radius 1 is 1.45 bits per heavy atom. The van der Waals surface area contributed by atoms with Gasteiger partial charge in [-0.25, -0.2) is 9.18 Å². The Hall–Kier alpha value is -1.36. The molecule has 5 heteroatoms. The van der Waals surface area contributed by atoms with E-state index in [9.17, 15) is 9.18 Å². The van der Waals surface area contributed by atoms with Gasteiger partial charge in [0.25, 0.3) is 0 Å². The van der Waals surface area contributed by atoms with Gasteiger partial charge >= 0.3 is 5.97 Å². The maximum Gasteiger partial charge on any atom is 0.354 e. The highest BCUT2D eigenvalue weighted by atomic mass is 79.9. The molecule has 1 aromatic carbocycles. The molecule has 3 rings (SSSR count). The van der Waals surface area contributed by atoms with Crippen LogP contribution in [0, 0.1) is 11.7 Å². The molecule has 1 aromatic heterocycles. The summed E-state index contributed by atoms with van der Waals surface area (Å²) in [4.78, 5) is 12.1. The van der Waals surface area contributed by atoms with Gasteiger partial charge in [0.2, 0.25) is 0 Å². The fourth-order valence-electron chi connectivity index (χ4n) is 2.41. The Morgan fingerprint density at radius 2 is 2.20 bits per heavy atom. The summed E-state index contributed by atoms with van der Waals surface area (Å²) in [6.07, 6.45) is 2.33. The highest BCUT2D eigenvalue weighted by Gasteiger charge is 2.26. The quantitative estimate of drug-likeness (QED) is 0.784. The van der Waals surface area contributed by atoms with Crippen LogP contribution in [0.15, 0.2) is 22.7 Å². The van der Waals surface area contributed by atoms with Crippen LogP contribution in [0.25, 0.3) is 10.9 Å². The van der Waals surface area contributed by atoms with Gasteiger partial charge in [-0.3, -0.25) is 0 Å². The smallest absolute Gasteiger partial charge is 0.354 e. The first-order valence-corrected chi connectivity index (χ1v) is 7.55. The molecule has 0 aliphatic heterocycles. The van der Waals surface area contributed by atoms with Crippen LogP contribution in [0.4, 0.5) is 4.39 Å². The lowest BCUT2D eigenvalue weighted by molar-refractivity contribution is 0.0514. The second-order valence-electron chi connectivity index (χ2n) is 5.12. The standard InChI is InChI=1S/C15H15BrFNO2/c1-2-20-15(19)14-7-11-12(17)5-10(16)6-13(11)18(14)8-9-3-4-9/h5-7,9H,2-4,8H2,1H3. The van der Waals surface area contributed by atoms with Gasteiger partial charge in [0.1, 0.15) is 11.5 Å². The van der Waals surface area contributed by atoms with E-state index in [2.05, 4.69) is 15.9 Å². The van der Waals surface area contributed by atoms with Gasteiger partial charge < -0.3 is 9.30 Å². The Morgan fingerprint density at radius 3 is 2.85 bits per heavy atom. The summed E-state index contributed by atoms with van der Waals surface area (Å²) in [6.45, 7) is 2.83. The molecule has 0 unspecified atom stereocenters. The molecule has 1 fully saturated rings. The molecule has 0 N–H and O–H groups in total. The van der Waals surface area contributed by atoms with E-state index in [0.717, 1.165) is 12.1 Å². The average Bonchev–Trinajstić information content (AvgIpc) is 3.12. The first kappa shape index (κ1) is 13.6. The van der Waals surface area contributed by atoms with E-state index in [-0.39, 0.29) is 11.8 Å². The molecular formula is C15H15BrFNO2. The van der Waals surface area contributed by atoms with Crippen LogP contribution in [-0.4, -0.2) is 17.1 Å². The van der Waals surface area contributed by atoms with E-state index in [1.54, 1.807) is 13.0 Å². The third kappa shape index (κ3) is 2.46. The lowest BCUT2D eigenvalue weighted by Crippen LogP contribution is -2.13. The maximum atomic E-state index is 14.0. The normalized spacial score (nSPS) is 14.8. The topological polar surface area (TPSA) is 31.2 Å². The Kier molecular flexibility index (Phi) is 3.54. The number of aromatic nitrogens is 1. The molecule has 1 aliphatic rings. The van der Waals surface area contributed by atoms with Crippen LogP contribution in [0.2, 0.25) is 0 Å². The minimum Gasteiger partial charge on any atom is -0.461 e. The third-order valence-corrected chi connectivity index (χ3v) is 4.02. The summed E-state index contributed by atoms with van der Waals surface area (Å²) in [7, 11) is 0. The first-order valence-electron chi connectivity index (χ1n) is 6.75. The molecule has 20 heavy (non-hydrogen) atoms. The van der Waals surface area contributed by atoms with Crippen molar-refractivity contribution in [3.05, 3.63) is 34.2 Å². The number of nitrogens with zero attached hydrogens (tertiary/aromatic N) is 1. The van der Waals surface area contributed by atoms with Crippen molar-refractivity contribution in [1.82, 2.24) is 4.57 Å². The van der Waals surface area contributed by atoms with Crippen LogP contribution in [-0.2, 0) is 11.3 Å². The summed E-state index contributed by atoms with van der Waals surface area (Å²) < 4.78 is 21.7. The fraction of sp³-hybridized carbons (Fsp3) is 0.400. The summed E-state index contributed by atoms with van der Waals surface area (Å²) in [6, 6.07) is 4.86. The Bertz CT molecular complexity index is 676. The number of carbonyl (C=O) groups excluding carboxylic acids is 1. The molecule has 0 amide bonds. The molecule has 1 aliphatic carbocycles. The van der Waals surface area contributed by atoms with E-state index in [1.165, 1.54) is 18.9 Å². The second kappa shape index (κ2) is 5.20. The summed E-state index contributed by atoms with van der Waals surface area (Å²) in [5.74, 6) is -0.129. The highest BCUT2D eigenvalue weighted by Crippen LogP contribution is 2.34. The number of hydrogen-bond acceptors (Lipinski definition) is 2. The fourth-order valence-corrected chi connectivity index (χ4v) is 2.83. The Balaban J connectivity index is 2.16. The van der Waals surface area contributed by atoms with E-state index in [4.69, 9.17) is 4.74 Å². The van der Waals surface area contributed by atoms with Gasteiger partial charge in [0.15, 0.2) is 0 Å². The van der Waals surface area contributed by atoms with Crippen molar-refractivity contribution in [2.75, 3.05) is 6.61 Å². The minimum atomic E-state index is -0.389. The van der Waals surface area contributed by atoms with Crippen LogP contribution in [0.3, 0.4) is 0 Å². The van der Waals surface area contributed by atoms with Gasteiger partial charge in [-0.1, -0.05) is 15.9 Å². The van der Waals surface area contributed by atoms with Crippen LogP contribution < -0.4 is 0 Å². The number of halogens is 2. The molecule has 0 bridgehead atoms. The SMILES string of the molecule is CCOC(=O)c1cc2c(F)cc(Br)cc2n1CC1CC1. The van der Waals surface area contributed by atoms with E-state index < -0.39 is 0 Å². The van der Waals surface area contributed by atoms with Crippen molar-refractivity contribution in [1.29, 1.82) is 0 Å². The molecular weight excluding hydrogens is 325 g/mol. The predicted molar refractivity (Wildman–Crippen MR) is 78.3 cm³/mol. The average molecular weight is 340 g/mol. The van der Waals surface area contributed by atoms with E-state index in [1.807, 2.05) is 10.6 Å². The lowest BCUT2D eigenvalue weighted by Gasteiger charge is -2.09. The molecule has 0 radical (unpaired) electrons. The second-order valence-corrected chi connectivity index (χ2v) is 6.04. The molecule has 0 atom stereocenters. The predicted octanol–water partition coefficient (Wildman–Crippen LogP) is 4.13.